The van der Waals surface area contributed by atoms with E-state index in [-0.39, 0.29) is 102 Å². The van der Waals surface area contributed by atoms with Gasteiger partial charge in [-0.2, -0.15) is 0 Å². The monoisotopic (exact) mass is 1710 g/mol. The fourth-order valence-electron chi connectivity index (χ4n) is 14.0. The Bertz CT molecular complexity index is 2850. The molecule has 4 saturated carbocycles. The van der Waals surface area contributed by atoms with Crippen molar-refractivity contribution in [3.05, 3.63) is 174 Å². The normalized spacial score (nSPS) is 16.2. The van der Waals surface area contributed by atoms with E-state index in [0.717, 1.165) is 49.2 Å². The minimum absolute atomic E-state index is 0. The number of benzene rings is 5. The molecule has 4 aliphatic carbocycles. The third kappa shape index (κ3) is 41.2. The fourth-order valence-corrected chi connectivity index (χ4v) is 14.0. The first-order chi connectivity index (χ1) is 49.2. The molecular formula is C92H142Cl4N8O2Zr2. The van der Waals surface area contributed by atoms with E-state index in [1.165, 1.54) is 210 Å². The summed E-state index contributed by atoms with van der Waals surface area (Å²) in [4.78, 5) is 18.9. The molecule has 0 atom stereocenters. The van der Waals surface area contributed by atoms with Crippen LogP contribution in [0.5, 0.6) is 0 Å². The van der Waals surface area contributed by atoms with Gasteiger partial charge in [-0.1, -0.05) is 347 Å². The molecule has 0 radical (unpaired) electrons. The molecule has 16 heteroatoms. The molecule has 10 nitrogen and oxygen atoms in total. The van der Waals surface area contributed by atoms with Crippen LogP contribution in [0.4, 0.5) is 22.7 Å². The Morgan fingerprint density at radius 3 is 0.731 bits per heavy atom. The number of hydrogen-bond acceptors (Lipinski definition) is 6. The van der Waals surface area contributed by atoms with Crippen molar-refractivity contribution in [3.8, 4) is 0 Å². The molecule has 2 heterocycles. The Labute approximate surface area is 723 Å². The van der Waals surface area contributed by atoms with Gasteiger partial charge < -0.3 is 100 Å². The van der Waals surface area contributed by atoms with Gasteiger partial charge in [0, 0.05) is 26.4 Å². The first kappa shape index (κ1) is 107. The number of halogens is 4. The number of hydrogen-bond donors (Lipinski definition) is 0. The van der Waals surface area contributed by atoms with Crippen molar-refractivity contribution in [3.63, 3.8) is 0 Å². The van der Waals surface area contributed by atoms with Crippen LogP contribution < -0.4 is 49.6 Å². The molecule has 108 heavy (non-hydrogen) atoms. The molecule has 5 aromatic carbocycles. The number of aliphatic imine (C=N–C) groups is 4. The summed E-state index contributed by atoms with van der Waals surface area (Å²) in [5.41, 5.74) is 17.9. The average molecular weight is 1720 g/mol. The molecule has 0 aromatic heterocycles. The second-order valence-corrected chi connectivity index (χ2v) is 31.9. The molecule has 0 unspecified atom stereocenters. The van der Waals surface area contributed by atoms with Gasteiger partial charge in [-0.15, -0.1) is 25.4 Å². The zero-order valence-corrected chi connectivity index (χ0v) is 78.1. The molecule has 0 N–H and O–H groups in total. The molecular weight excluding hydrogens is 1570 g/mol. The first-order valence-electron chi connectivity index (χ1n) is 40.8. The maximum absolute atomic E-state index is 4.94. The van der Waals surface area contributed by atoms with Gasteiger partial charge in [0.1, 0.15) is 0 Å². The third-order valence-corrected chi connectivity index (χ3v) is 20.4. The third-order valence-electron chi connectivity index (χ3n) is 20.4. The van der Waals surface area contributed by atoms with E-state index in [0.29, 0.717) is 71.5 Å². The molecule has 0 amide bonds. The fraction of sp³-hybridized carbons (Fsp3) is 0.630. The van der Waals surface area contributed by atoms with Crippen molar-refractivity contribution >= 4 is 48.1 Å². The summed E-state index contributed by atoms with van der Waals surface area (Å²) >= 11 is 0. The molecule has 11 rings (SSSR count). The van der Waals surface area contributed by atoms with Crippen molar-refractivity contribution in [1.29, 1.82) is 0 Å². The summed E-state index contributed by atoms with van der Waals surface area (Å²) in [5.74, 6) is 3.93. The van der Waals surface area contributed by atoms with Crippen LogP contribution in [0.2, 0.25) is 0 Å². The van der Waals surface area contributed by atoms with E-state index in [9.17, 15) is 0 Å². The molecule has 598 valence electrons. The Morgan fingerprint density at radius 2 is 0.519 bits per heavy atom. The number of rotatable bonds is 20. The number of nitrogens with zero attached hydrogens (tertiary/aromatic N) is 8. The van der Waals surface area contributed by atoms with E-state index >= 15 is 0 Å². The molecule has 5 aromatic rings. The first-order valence-corrected chi connectivity index (χ1v) is 40.8. The van der Waals surface area contributed by atoms with Crippen LogP contribution in [0, 0.1) is 13.8 Å². The van der Waals surface area contributed by atoms with E-state index < -0.39 is 0 Å². The van der Waals surface area contributed by atoms with E-state index in [1.807, 2.05) is 25.4 Å². The van der Waals surface area contributed by atoms with Crippen molar-refractivity contribution in [2.45, 2.75) is 350 Å². The summed E-state index contributed by atoms with van der Waals surface area (Å²) in [7, 11) is 0. The molecule has 2 aliphatic heterocycles. The molecule has 0 spiro atoms. The van der Waals surface area contributed by atoms with Gasteiger partial charge in [-0.25, -0.2) is 0 Å². The predicted octanol–water partition coefficient (Wildman–Crippen LogP) is 17.1. The Morgan fingerprint density at radius 1 is 0.296 bits per heavy atom. The van der Waals surface area contributed by atoms with E-state index in [1.54, 1.807) is 0 Å². The van der Waals surface area contributed by atoms with Crippen LogP contribution in [0.1, 0.15) is 368 Å². The van der Waals surface area contributed by atoms with Gasteiger partial charge in [0.25, 0.3) is 0 Å². The van der Waals surface area contributed by atoms with Gasteiger partial charge >= 0.3 is 52.4 Å². The van der Waals surface area contributed by atoms with Crippen LogP contribution in [0.3, 0.4) is 0 Å². The van der Waals surface area contributed by atoms with Crippen LogP contribution in [0.25, 0.3) is 21.3 Å². The van der Waals surface area contributed by atoms with E-state index in [2.05, 4.69) is 242 Å². The van der Waals surface area contributed by atoms with Gasteiger partial charge in [0.2, 0.25) is 0 Å². The van der Waals surface area contributed by atoms with Gasteiger partial charge in [-0.3, -0.25) is 0 Å². The SMILES string of the molecule is C1CCOC1.C1CCOC1.CC(C)c1cccc(C(C)C)c1N=C[N-]C1CCCCC1.CC(C)c1cccc(C(C)C)c1N=C[N-]C1CCCCC1.CC(C)c1cccc(C(C)C)c1[N-]C=NC1CCCCC1.CC(C)c1cccc(C(C)C)c1[N-]C=NC1CCCCC1.Cc1ccc(C)cc1.[Cl-].[Cl-].[Cl-].[Cl-].[Zr+4].[Zr+4]. The van der Waals surface area contributed by atoms with Crippen LogP contribution >= 0.6 is 0 Å². The minimum Gasteiger partial charge on any atom is -1.00 e. The Hall–Kier alpha value is -3.17. The molecule has 6 fully saturated rings. The maximum Gasteiger partial charge on any atom is 4.00 e. The summed E-state index contributed by atoms with van der Waals surface area (Å²) in [6.45, 7) is 43.9. The van der Waals surface area contributed by atoms with Crippen molar-refractivity contribution in [2.24, 2.45) is 20.0 Å². The second kappa shape index (κ2) is 62.2. The van der Waals surface area contributed by atoms with Gasteiger partial charge in [-0.05, 0) is 178 Å². The van der Waals surface area contributed by atoms with Gasteiger partial charge in [0.05, 0.1) is 0 Å². The standard InChI is InChI=1S/4C19H29N2.C8H10.2C4H8O.4ClH.2Zr/c4*1-14(2)17-11-8-12-18(15(3)4)19(17)21-13-20-16-9-6-5-7-10-16;1-7-3-5-8(2)6-4-7;2*1-2-4-5-3-1;;;;;;/h4*8,11-16H,5-7,9-10H2,1-4H3;3-6H,1-2H3;2*1-4H2;4*1H;;/q4*-1;;;;;;;;2*+4/p-4. The zero-order valence-electron chi connectivity index (χ0n) is 70.2. The molecule has 2 saturated heterocycles. The Balaban J connectivity index is 0. The zero-order chi connectivity index (χ0) is 74.0. The maximum atomic E-state index is 4.94. The molecule has 0 bridgehead atoms. The van der Waals surface area contributed by atoms with Crippen LogP contribution in [-0.2, 0) is 61.9 Å². The molecule has 6 aliphatic rings. The summed E-state index contributed by atoms with van der Waals surface area (Å²) < 4.78 is 9.89. The van der Waals surface area contributed by atoms with Crippen molar-refractivity contribution < 1.29 is 112 Å². The second-order valence-electron chi connectivity index (χ2n) is 31.9. The number of aryl methyl sites for hydroxylation is 2. The summed E-state index contributed by atoms with van der Waals surface area (Å²) in [5, 5.41) is 18.9. The summed E-state index contributed by atoms with van der Waals surface area (Å²) in [6.07, 6.45) is 38.3. The topological polar surface area (TPSA) is 124 Å². The van der Waals surface area contributed by atoms with Crippen LogP contribution in [-0.4, -0.2) is 75.9 Å². The van der Waals surface area contributed by atoms with Crippen LogP contribution in [0.15, 0.2) is 117 Å². The number of para-hydroxylation sites is 4. The number of ether oxygens (including phenoxy) is 2. The quantitative estimate of drug-likeness (QED) is 0.0569. The predicted molar refractivity (Wildman–Crippen MR) is 448 cm³/mol. The van der Waals surface area contributed by atoms with Crippen molar-refractivity contribution in [2.75, 3.05) is 26.4 Å². The van der Waals surface area contributed by atoms with E-state index in [4.69, 9.17) is 30.1 Å². The van der Waals surface area contributed by atoms with Gasteiger partial charge in [0.15, 0.2) is 0 Å². The average Bonchev–Trinajstić information content (AvgIpc) is 1.09. The Kier molecular flexibility index (Phi) is 61.6. The summed E-state index contributed by atoms with van der Waals surface area (Å²) in [6, 6.07) is 36.7. The smallest absolute Gasteiger partial charge is 1.00 e. The van der Waals surface area contributed by atoms with Crippen molar-refractivity contribution in [1.82, 2.24) is 0 Å². The minimum atomic E-state index is 0. The largest absolute Gasteiger partial charge is 4.00 e.